The molecule has 38 heavy (non-hydrogen) atoms. The smallest absolute Gasteiger partial charge is 0.340 e. The molecular weight excluding hydrogens is 531 g/mol. The fourth-order valence-corrected chi connectivity index (χ4v) is 5.85. The van der Waals surface area contributed by atoms with Crippen LogP contribution in [0.3, 0.4) is 0 Å². The number of hydrogen-bond acceptors (Lipinski definition) is 6. The van der Waals surface area contributed by atoms with Crippen LogP contribution in [0.1, 0.15) is 29.8 Å². The van der Waals surface area contributed by atoms with E-state index in [4.69, 9.17) is 16.3 Å². The number of ketones is 1. The molecule has 7 nitrogen and oxygen atoms in total. The Kier molecular flexibility index (Phi) is 7.36. The van der Waals surface area contributed by atoms with Crippen molar-refractivity contribution >= 4 is 44.8 Å². The lowest BCUT2D eigenvalue weighted by molar-refractivity contribution is -0.117. The Balaban J connectivity index is 1.51. The van der Waals surface area contributed by atoms with Gasteiger partial charge in [0.1, 0.15) is 5.82 Å². The standard InChI is InChI=1S/C28H26ClFN2O5S/c1-28(2)23-7-5-6-8-25(23)31(3)26(28)15-20(33)17-37-27(34)22-16-21(13-14-24(22)29)38(35,36)32(4)19-11-9-18(30)10-12-19/h5-16H,17H2,1-4H3. The first-order valence-electron chi connectivity index (χ1n) is 11.6. The van der Waals surface area contributed by atoms with Gasteiger partial charge in [0.2, 0.25) is 0 Å². The first kappa shape index (κ1) is 27.3. The van der Waals surface area contributed by atoms with Crippen molar-refractivity contribution in [3.63, 3.8) is 0 Å². The van der Waals surface area contributed by atoms with Crippen LogP contribution in [0.5, 0.6) is 0 Å². The molecule has 1 aliphatic heterocycles. The molecule has 0 bridgehead atoms. The third-order valence-corrected chi connectivity index (χ3v) is 8.70. The van der Waals surface area contributed by atoms with E-state index in [9.17, 15) is 22.4 Å². The van der Waals surface area contributed by atoms with Crippen LogP contribution >= 0.6 is 11.6 Å². The van der Waals surface area contributed by atoms with Gasteiger partial charge in [-0.25, -0.2) is 17.6 Å². The highest BCUT2D eigenvalue weighted by Gasteiger charge is 2.38. The van der Waals surface area contributed by atoms with Crippen LogP contribution in [0.25, 0.3) is 0 Å². The molecule has 0 spiro atoms. The Morgan fingerprint density at radius 1 is 1.08 bits per heavy atom. The van der Waals surface area contributed by atoms with Crippen molar-refractivity contribution in [1.82, 2.24) is 0 Å². The topological polar surface area (TPSA) is 84.0 Å². The summed E-state index contributed by atoms with van der Waals surface area (Å²) in [4.78, 5) is 27.3. The molecule has 0 radical (unpaired) electrons. The summed E-state index contributed by atoms with van der Waals surface area (Å²) in [5.41, 5.74) is 2.43. The van der Waals surface area contributed by atoms with Crippen molar-refractivity contribution in [3.8, 4) is 0 Å². The number of para-hydroxylation sites is 1. The first-order valence-corrected chi connectivity index (χ1v) is 13.4. The van der Waals surface area contributed by atoms with Crippen LogP contribution in [-0.2, 0) is 25.0 Å². The number of rotatable bonds is 7. The van der Waals surface area contributed by atoms with Gasteiger partial charge in [-0.05, 0) is 54.1 Å². The molecule has 3 aromatic rings. The van der Waals surface area contributed by atoms with E-state index in [-0.39, 0.29) is 21.2 Å². The second-order valence-corrected chi connectivity index (χ2v) is 11.7. The molecule has 0 fully saturated rings. The third-order valence-electron chi connectivity index (χ3n) is 6.59. The van der Waals surface area contributed by atoms with Gasteiger partial charge < -0.3 is 9.64 Å². The summed E-state index contributed by atoms with van der Waals surface area (Å²) in [6.07, 6.45) is 1.45. The van der Waals surface area contributed by atoms with Crippen LogP contribution in [0.15, 0.2) is 83.4 Å². The van der Waals surface area contributed by atoms with Crippen molar-refractivity contribution in [2.24, 2.45) is 0 Å². The van der Waals surface area contributed by atoms with E-state index in [1.807, 2.05) is 50.1 Å². The summed E-state index contributed by atoms with van der Waals surface area (Å²) in [6, 6.07) is 16.4. The van der Waals surface area contributed by atoms with Crippen LogP contribution in [0, 0.1) is 5.82 Å². The normalized spacial score (nSPS) is 15.3. The molecule has 10 heteroatoms. The zero-order valence-corrected chi connectivity index (χ0v) is 22.8. The number of benzene rings is 3. The average molecular weight is 557 g/mol. The van der Waals surface area contributed by atoms with Gasteiger partial charge >= 0.3 is 5.97 Å². The molecule has 1 aliphatic rings. The lowest BCUT2D eigenvalue weighted by Crippen LogP contribution is -2.27. The van der Waals surface area contributed by atoms with Crippen molar-refractivity contribution in [3.05, 3.63) is 100 Å². The highest BCUT2D eigenvalue weighted by molar-refractivity contribution is 7.92. The quantitative estimate of drug-likeness (QED) is 0.288. The van der Waals surface area contributed by atoms with Gasteiger partial charge in [-0.15, -0.1) is 0 Å². The number of carbonyl (C=O) groups excluding carboxylic acids is 2. The molecule has 1 heterocycles. The largest absolute Gasteiger partial charge is 0.454 e. The molecule has 0 unspecified atom stereocenters. The minimum Gasteiger partial charge on any atom is -0.454 e. The number of anilines is 2. The molecular formula is C28H26ClFN2O5S. The van der Waals surface area contributed by atoms with Crippen molar-refractivity contribution in [2.45, 2.75) is 24.2 Å². The molecule has 0 saturated heterocycles. The van der Waals surface area contributed by atoms with Crippen LogP contribution in [0.4, 0.5) is 15.8 Å². The van der Waals surface area contributed by atoms with Crippen molar-refractivity contribution < 1.29 is 27.1 Å². The number of esters is 1. The Hall–Kier alpha value is -3.69. The lowest BCUT2D eigenvalue weighted by Gasteiger charge is -2.23. The first-order chi connectivity index (χ1) is 17.8. The fourth-order valence-electron chi connectivity index (χ4n) is 4.44. The number of halogens is 2. The van der Waals surface area contributed by atoms with E-state index < -0.39 is 39.6 Å². The molecule has 0 aromatic heterocycles. The highest BCUT2D eigenvalue weighted by atomic mass is 35.5. The highest BCUT2D eigenvalue weighted by Crippen LogP contribution is 2.46. The molecule has 0 aliphatic carbocycles. The zero-order valence-electron chi connectivity index (χ0n) is 21.2. The van der Waals surface area contributed by atoms with Crippen LogP contribution in [-0.4, -0.2) is 40.9 Å². The second kappa shape index (κ2) is 10.2. The van der Waals surface area contributed by atoms with Gasteiger partial charge in [-0.1, -0.05) is 43.6 Å². The number of carbonyl (C=O) groups is 2. The van der Waals surface area contributed by atoms with E-state index in [0.29, 0.717) is 0 Å². The summed E-state index contributed by atoms with van der Waals surface area (Å²) < 4.78 is 45.6. The second-order valence-electron chi connectivity index (χ2n) is 9.36. The minimum absolute atomic E-state index is 0.0312. The lowest BCUT2D eigenvalue weighted by atomic mass is 9.83. The maximum absolute atomic E-state index is 13.3. The van der Waals surface area contributed by atoms with E-state index in [0.717, 1.165) is 39.5 Å². The Labute approximate surface area is 226 Å². The summed E-state index contributed by atoms with van der Waals surface area (Å²) in [5, 5.41) is -0.0312. The monoisotopic (exact) mass is 556 g/mol. The van der Waals surface area contributed by atoms with E-state index in [1.54, 1.807) is 0 Å². The maximum atomic E-state index is 13.3. The van der Waals surface area contributed by atoms with Crippen LogP contribution in [0.2, 0.25) is 5.02 Å². The molecule has 3 aromatic carbocycles. The molecule has 4 rings (SSSR count). The maximum Gasteiger partial charge on any atom is 0.340 e. The van der Waals surface area contributed by atoms with Crippen LogP contribution < -0.4 is 9.21 Å². The van der Waals surface area contributed by atoms with Crippen molar-refractivity contribution in [1.29, 1.82) is 0 Å². The number of fused-ring (bicyclic) bond motifs is 1. The number of allylic oxidation sites excluding steroid dienone is 1. The van der Waals surface area contributed by atoms with Gasteiger partial charge in [0, 0.05) is 37.0 Å². The summed E-state index contributed by atoms with van der Waals surface area (Å²) in [7, 11) is -0.932. The SMILES string of the molecule is CN1C(=CC(=O)COC(=O)c2cc(S(=O)(=O)N(C)c3ccc(F)cc3)ccc2Cl)C(C)(C)c2ccccc21. The predicted molar refractivity (Wildman–Crippen MR) is 145 cm³/mol. The number of hydrogen-bond donors (Lipinski definition) is 0. The number of likely N-dealkylation sites (N-methyl/N-ethyl adjacent to an activating group) is 1. The fraction of sp³-hybridized carbons (Fsp3) is 0.214. The Morgan fingerprint density at radius 2 is 1.74 bits per heavy atom. The van der Waals surface area contributed by atoms with E-state index in [2.05, 4.69) is 0 Å². The van der Waals surface area contributed by atoms with Gasteiger partial charge in [-0.2, -0.15) is 0 Å². The van der Waals surface area contributed by atoms with E-state index >= 15 is 0 Å². The Bertz CT molecular complexity index is 1550. The van der Waals surface area contributed by atoms with Gasteiger partial charge in [0.25, 0.3) is 10.0 Å². The number of ether oxygens (including phenoxy) is 1. The molecule has 0 amide bonds. The minimum atomic E-state index is -4.11. The molecule has 0 N–H and O–H groups in total. The zero-order chi connectivity index (χ0) is 27.8. The van der Waals surface area contributed by atoms with Gasteiger partial charge in [-0.3, -0.25) is 9.10 Å². The molecule has 198 valence electrons. The van der Waals surface area contributed by atoms with E-state index in [1.165, 1.54) is 37.4 Å². The third kappa shape index (κ3) is 5.04. The Morgan fingerprint density at radius 3 is 2.39 bits per heavy atom. The number of nitrogens with zero attached hydrogens (tertiary/aromatic N) is 2. The van der Waals surface area contributed by atoms with Gasteiger partial charge in [0.15, 0.2) is 12.4 Å². The van der Waals surface area contributed by atoms with Crippen molar-refractivity contribution in [2.75, 3.05) is 29.9 Å². The molecule has 0 atom stereocenters. The van der Waals surface area contributed by atoms with Gasteiger partial charge in [0.05, 0.1) is 21.2 Å². The number of sulfonamides is 1. The summed E-state index contributed by atoms with van der Waals surface area (Å²) in [6.45, 7) is 3.47. The predicted octanol–water partition coefficient (Wildman–Crippen LogP) is 5.34. The summed E-state index contributed by atoms with van der Waals surface area (Å²) in [5.74, 6) is -1.88. The molecule has 0 saturated carbocycles. The summed E-state index contributed by atoms with van der Waals surface area (Å²) >= 11 is 6.16. The average Bonchev–Trinajstić information content (AvgIpc) is 3.08.